The number of fused-ring (bicyclic) bond motifs is 3. The Balaban J connectivity index is 1.07. The van der Waals surface area contributed by atoms with Crippen molar-refractivity contribution >= 4 is 21.8 Å². The minimum Gasteiger partial charge on any atom is -0.489 e. The summed E-state index contributed by atoms with van der Waals surface area (Å²) in [6.45, 7) is 0.449. The van der Waals surface area contributed by atoms with Gasteiger partial charge in [0.2, 0.25) is 0 Å². The fourth-order valence-electron chi connectivity index (χ4n) is 5.75. The molecular weight excluding hydrogens is 552 g/mol. The molecule has 0 fully saturated rings. The van der Waals surface area contributed by atoms with Crippen LogP contribution in [0.3, 0.4) is 0 Å². The van der Waals surface area contributed by atoms with Crippen molar-refractivity contribution in [1.82, 2.24) is 19.5 Å². The van der Waals surface area contributed by atoms with Crippen molar-refractivity contribution in [2.45, 2.75) is 6.61 Å². The minimum atomic E-state index is 0.449. The summed E-state index contributed by atoms with van der Waals surface area (Å²) in [5.41, 5.74) is 7.36. The summed E-state index contributed by atoms with van der Waals surface area (Å²) < 4.78 is 8.62. The molecule has 0 spiro atoms. The Morgan fingerprint density at radius 1 is 0.444 bits per heavy atom. The third kappa shape index (κ3) is 5.21. The zero-order chi connectivity index (χ0) is 30.0. The number of rotatable bonds is 7. The second-order valence-electron chi connectivity index (χ2n) is 10.9. The summed E-state index contributed by atoms with van der Waals surface area (Å²) in [4.78, 5) is 14.5. The highest BCUT2D eigenvalue weighted by atomic mass is 16.5. The number of benzene rings is 6. The van der Waals surface area contributed by atoms with Crippen LogP contribution in [0.1, 0.15) is 5.56 Å². The molecule has 0 aliphatic rings. The first-order valence-electron chi connectivity index (χ1n) is 15.0. The number of hydrogen-bond donors (Lipinski definition) is 0. The molecule has 0 aliphatic heterocycles. The molecule has 5 nitrogen and oxygen atoms in total. The van der Waals surface area contributed by atoms with E-state index in [-0.39, 0.29) is 0 Å². The zero-order valence-electron chi connectivity index (χ0n) is 24.4. The standard InChI is InChI=1S/C40H28N4O/c1-4-12-29(13-5-1)38-41-39(30-14-6-2-7-15-30)43-40(42-38)31-22-20-28(21-23-31)27-45-33-24-25-37-35(26-33)34-18-10-11-19-36(34)44(37)32-16-8-3-9-17-32/h1-26H,27H2. The number of para-hydroxylation sites is 2. The van der Waals surface area contributed by atoms with Crippen LogP contribution < -0.4 is 4.74 Å². The molecule has 0 amide bonds. The highest BCUT2D eigenvalue weighted by Crippen LogP contribution is 2.34. The first-order valence-corrected chi connectivity index (χ1v) is 15.0. The first-order chi connectivity index (χ1) is 22.3. The molecule has 45 heavy (non-hydrogen) atoms. The van der Waals surface area contributed by atoms with Gasteiger partial charge in [0.1, 0.15) is 12.4 Å². The number of hydrogen-bond acceptors (Lipinski definition) is 4. The highest BCUT2D eigenvalue weighted by molar-refractivity contribution is 6.09. The summed E-state index contributed by atoms with van der Waals surface area (Å²) in [6.07, 6.45) is 0. The predicted molar refractivity (Wildman–Crippen MR) is 181 cm³/mol. The molecule has 5 heteroatoms. The third-order valence-corrected chi connectivity index (χ3v) is 7.98. The summed E-state index contributed by atoms with van der Waals surface area (Å²) in [6, 6.07) is 53.6. The Bertz CT molecular complexity index is 2190. The van der Waals surface area contributed by atoms with Gasteiger partial charge in [0.25, 0.3) is 0 Å². The van der Waals surface area contributed by atoms with Crippen molar-refractivity contribution in [3.05, 3.63) is 163 Å². The monoisotopic (exact) mass is 580 g/mol. The van der Waals surface area contributed by atoms with Crippen molar-refractivity contribution in [3.63, 3.8) is 0 Å². The second-order valence-corrected chi connectivity index (χ2v) is 10.9. The van der Waals surface area contributed by atoms with E-state index in [1.54, 1.807) is 0 Å². The Hall–Kier alpha value is -6.07. The van der Waals surface area contributed by atoms with Gasteiger partial charge in [-0.15, -0.1) is 0 Å². The molecule has 2 heterocycles. The van der Waals surface area contributed by atoms with Crippen LogP contribution in [0.5, 0.6) is 5.75 Å². The van der Waals surface area contributed by atoms with Gasteiger partial charge >= 0.3 is 0 Å². The van der Waals surface area contributed by atoms with Gasteiger partial charge in [-0.3, -0.25) is 0 Å². The second kappa shape index (κ2) is 11.5. The van der Waals surface area contributed by atoms with Gasteiger partial charge in [-0.05, 0) is 42.0 Å². The number of nitrogens with zero attached hydrogens (tertiary/aromatic N) is 4. The van der Waals surface area contributed by atoms with Crippen molar-refractivity contribution in [1.29, 1.82) is 0 Å². The maximum Gasteiger partial charge on any atom is 0.164 e. The SMILES string of the molecule is c1ccc(-c2nc(-c3ccccc3)nc(-c3ccc(COc4ccc5c(c4)c4ccccc4n5-c4ccccc4)cc3)n2)cc1. The smallest absolute Gasteiger partial charge is 0.164 e. The molecule has 0 N–H and O–H groups in total. The van der Waals surface area contributed by atoms with E-state index in [2.05, 4.69) is 83.4 Å². The Labute approximate surface area is 261 Å². The third-order valence-electron chi connectivity index (χ3n) is 7.98. The van der Waals surface area contributed by atoms with Crippen LogP contribution in [0.4, 0.5) is 0 Å². The van der Waals surface area contributed by atoms with E-state index < -0.39 is 0 Å². The van der Waals surface area contributed by atoms with E-state index in [0.29, 0.717) is 24.1 Å². The van der Waals surface area contributed by atoms with Crippen LogP contribution >= 0.6 is 0 Å². The topological polar surface area (TPSA) is 52.8 Å². The first kappa shape index (κ1) is 26.5. The Kier molecular flexibility index (Phi) is 6.81. The van der Waals surface area contributed by atoms with Crippen LogP contribution in [-0.2, 0) is 6.61 Å². The number of ether oxygens (including phenoxy) is 1. The van der Waals surface area contributed by atoms with Gasteiger partial charge in [-0.1, -0.05) is 121 Å². The average Bonchev–Trinajstić information content (AvgIpc) is 3.45. The van der Waals surface area contributed by atoms with Crippen LogP contribution in [-0.4, -0.2) is 19.5 Å². The van der Waals surface area contributed by atoms with E-state index in [4.69, 9.17) is 19.7 Å². The largest absolute Gasteiger partial charge is 0.489 e. The molecule has 6 aromatic carbocycles. The molecule has 0 radical (unpaired) electrons. The maximum atomic E-state index is 6.31. The normalized spacial score (nSPS) is 11.2. The van der Waals surface area contributed by atoms with E-state index in [1.165, 1.54) is 16.3 Å². The molecule has 214 valence electrons. The fraction of sp³-hybridized carbons (Fsp3) is 0.0250. The molecule has 0 saturated heterocycles. The summed E-state index contributed by atoms with van der Waals surface area (Å²) in [5, 5.41) is 2.37. The molecule has 2 aromatic heterocycles. The van der Waals surface area contributed by atoms with E-state index in [9.17, 15) is 0 Å². The lowest BCUT2D eigenvalue weighted by Crippen LogP contribution is -2.00. The van der Waals surface area contributed by atoms with Crippen LogP contribution in [0, 0.1) is 0 Å². The van der Waals surface area contributed by atoms with Gasteiger partial charge < -0.3 is 9.30 Å². The van der Waals surface area contributed by atoms with Crippen molar-refractivity contribution in [2.24, 2.45) is 0 Å². The van der Waals surface area contributed by atoms with Gasteiger partial charge in [0.15, 0.2) is 17.5 Å². The van der Waals surface area contributed by atoms with Gasteiger partial charge in [-0.25, -0.2) is 15.0 Å². The lowest BCUT2D eigenvalue weighted by atomic mass is 10.1. The van der Waals surface area contributed by atoms with Crippen molar-refractivity contribution in [2.75, 3.05) is 0 Å². The summed E-state index contributed by atoms with van der Waals surface area (Å²) >= 11 is 0. The lowest BCUT2D eigenvalue weighted by molar-refractivity contribution is 0.306. The van der Waals surface area contributed by atoms with Gasteiger partial charge in [0, 0.05) is 33.2 Å². The van der Waals surface area contributed by atoms with E-state index >= 15 is 0 Å². The zero-order valence-corrected chi connectivity index (χ0v) is 24.4. The molecule has 0 atom stereocenters. The van der Waals surface area contributed by atoms with Crippen molar-refractivity contribution in [3.8, 4) is 45.6 Å². The van der Waals surface area contributed by atoms with Gasteiger partial charge in [-0.2, -0.15) is 0 Å². The van der Waals surface area contributed by atoms with Crippen LogP contribution in [0.2, 0.25) is 0 Å². The molecular formula is C40H28N4O. The molecule has 0 unspecified atom stereocenters. The lowest BCUT2D eigenvalue weighted by Gasteiger charge is -2.10. The predicted octanol–water partition coefficient (Wildman–Crippen LogP) is 9.55. The van der Waals surface area contributed by atoms with E-state index in [1.807, 2.05) is 78.9 Å². The maximum absolute atomic E-state index is 6.31. The molecule has 0 aliphatic carbocycles. The van der Waals surface area contributed by atoms with Crippen LogP contribution in [0.25, 0.3) is 61.7 Å². The molecule has 8 rings (SSSR count). The van der Waals surface area contributed by atoms with E-state index in [0.717, 1.165) is 39.2 Å². The van der Waals surface area contributed by atoms with Crippen molar-refractivity contribution < 1.29 is 4.74 Å². The summed E-state index contributed by atoms with van der Waals surface area (Å²) in [7, 11) is 0. The fourth-order valence-corrected chi connectivity index (χ4v) is 5.75. The van der Waals surface area contributed by atoms with Gasteiger partial charge in [0.05, 0.1) is 11.0 Å². The molecule has 0 saturated carbocycles. The molecule has 0 bridgehead atoms. The number of aromatic nitrogens is 4. The Morgan fingerprint density at radius 2 is 0.956 bits per heavy atom. The highest BCUT2D eigenvalue weighted by Gasteiger charge is 2.14. The summed E-state index contributed by atoms with van der Waals surface area (Å²) in [5.74, 6) is 2.77. The van der Waals surface area contributed by atoms with Crippen LogP contribution in [0.15, 0.2) is 158 Å². The Morgan fingerprint density at radius 3 is 1.58 bits per heavy atom. The average molecular weight is 581 g/mol. The quantitative estimate of drug-likeness (QED) is 0.188. The minimum absolute atomic E-state index is 0.449. The molecule has 8 aromatic rings.